The summed E-state index contributed by atoms with van der Waals surface area (Å²) in [6.45, 7) is 3.10. The first-order chi connectivity index (χ1) is 9.58. The van der Waals surface area contributed by atoms with Crippen LogP contribution in [0.3, 0.4) is 0 Å². The van der Waals surface area contributed by atoms with E-state index < -0.39 is 17.8 Å². The van der Waals surface area contributed by atoms with Crippen molar-refractivity contribution in [2.75, 3.05) is 13.1 Å². The lowest BCUT2D eigenvalue weighted by atomic mass is 9.95. The molecule has 8 heteroatoms. The molecule has 2 unspecified atom stereocenters. The minimum absolute atomic E-state index is 0.154. The maximum Gasteiger partial charge on any atom is 0.422 e. The summed E-state index contributed by atoms with van der Waals surface area (Å²) in [4.78, 5) is 28.8. The molecule has 3 aliphatic rings. The number of esters is 2. The van der Waals surface area contributed by atoms with E-state index in [2.05, 4.69) is 10.1 Å². The lowest BCUT2D eigenvalue weighted by Gasteiger charge is -2.33. The third-order valence-corrected chi connectivity index (χ3v) is 3.86. The first-order valence-corrected chi connectivity index (χ1v) is 6.32. The van der Waals surface area contributed by atoms with E-state index >= 15 is 0 Å². The molecule has 0 saturated carbocycles. The van der Waals surface area contributed by atoms with Gasteiger partial charge in [0.25, 0.3) is 5.89 Å². The first kappa shape index (κ1) is 11.6. The van der Waals surface area contributed by atoms with Crippen molar-refractivity contribution in [1.82, 2.24) is 15.0 Å². The molecule has 3 saturated heterocycles. The van der Waals surface area contributed by atoms with Gasteiger partial charge in [0.2, 0.25) is 0 Å². The third kappa shape index (κ3) is 1.39. The maximum atomic E-state index is 11.4. The Hall–Kier alpha value is -2.22. The molecular formula is C12H11N3O5. The van der Waals surface area contributed by atoms with Gasteiger partial charge in [0.15, 0.2) is 5.82 Å². The molecule has 20 heavy (non-hydrogen) atoms. The zero-order valence-corrected chi connectivity index (χ0v) is 10.7. The zero-order chi connectivity index (χ0) is 13.9. The molecule has 0 N–H and O–H groups in total. The van der Waals surface area contributed by atoms with Crippen LogP contribution < -0.4 is 0 Å². The molecule has 4 rings (SSSR count). The standard InChI is InChI=1S/C12H11N3O5/c1-6-13-9(20-14-6)4-8-7-2-3-15(5-7)12(8)18-10(16)11(17)19-12/h4,7H,2-3,5H2,1H3/b8-4+. The van der Waals surface area contributed by atoms with Gasteiger partial charge in [0.1, 0.15) is 0 Å². The van der Waals surface area contributed by atoms with Crippen molar-refractivity contribution in [2.45, 2.75) is 19.3 Å². The lowest BCUT2D eigenvalue weighted by molar-refractivity contribution is -0.215. The van der Waals surface area contributed by atoms with Crippen LogP contribution >= 0.6 is 0 Å². The topological polar surface area (TPSA) is 94.8 Å². The fourth-order valence-corrected chi connectivity index (χ4v) is 3.04. The zero-order valence-electron chi connectivity index (χ0n) is 10.7. The van der Waals surface area contributed by atoms with E-state index in [9.17, 15) is 9.59 Å². The summed E-state index contributed by atoms with van der Waals surface area (Å²) >= 11 is 0. The molecule has 2 atom stereocenters. The van der Waals surface area contributed by atoms with E-state index in [1.807, 2.05) is 4.90 Å². The van der Waals surface area contributed by atoms with Gasteiger partial charge in [-0.1, -0.05) is 5.16 Å². The predicted molar refractivity (Wildman–Crippen MR) is 61.6 cm³/mol. The first-order valence-electron chi connectivity index (χ1n) is 6.32. The molecule has 0 amide bonds. The molecule has 1 aromatic rings. The van der Waals surface area contributed by atoms with Crippen LogP contribution in [0.25, 0.3) is 6.08 Å². The average Bonchev–Trinajstić information content (AvgIpc) is 3.11. The van der Waals surface area contributed by atoms with E-state index in [1.165, 1.54) is 0 Å². The van der Waals surface area contributed by atoms with Crippen LogP contribution in [0.1, 0.15) is 18.1 Å². The second-order valence-electron chi connectivity index (χ2n) is 5.07. The highest BCUT2D eigenvalue weighted by Crippen LogP contribution is 2.49. The van der Waals surface area contributed by atoms with Crippen LogP contribution in [-0.2, 0) is 19.1 Å². The van der Waals surface area contributed by atoms with E-state index in [4.69, 9.17) is 14.0 Å². The Kier molecular flexibility index (Phi) is 2.12. The van der Waals surface area contributed by atoms with Gasteiger partial charge in [-0.25, -0.2) is 14.5 Å². The predicted octanol–water partition coefficient (Wildman–Crippen LogP) is -0.149. The van der Waals surface area contributed by atoms with E-state index in [-0.39, 0.29) is 5.92 Å². The largest absolute Gasteiger partial charge is 0.422 e. The molecule has 8 nitrogen and oxygen atoms in total. The SMILES string of the molecule is Cc1noc(/C=C2\C3CCN(C3)C23OC(=O)C(=O)O3)n1. The molecule has 3 aliphatic heterocycles. The molecule has 0 aromatic carbocycles. The van der Waals surface area contributed by atoms with Gasteiger partial charge < -0.3 is 14.0 Å². The smallest absolute Gasteiger partial charge is 0.396 e. The Morgan fingerprint density at radius 3 is 2.75 bits per heavy atom. The molecule has 0 aliphatic carbocycles. The van der Waals surface area contributed by atoms with Crippen LogP contribution in [0.2, 0.25) is 0 Å². The highest BCUT2D eigenvalue weighted by molar-refractivity contribution is 6.31. The van der Waals surface area contributed by atoms with Gasteiger partial charge in [-0.05, 0) is 13.3 Å². The van der Waals surface area contributed by atoms with Crippen LogP contribution in [-0.4, -0.2) is 46.0 Å². The van der Waals surface area contributed by atoms with Gasteiger partial charge in [-0.3, -0.25) is 0 Å². The highest BCUT2D eigenvalue weighted by atomic mass is 16.8. The Morgan fingerprint density at radius 1 is 1.35 bits per heavy atom. The number of piperidine rings is 1. The number of ether oxygens (including phenoxy) is 2. The molecule has 1 spiro atoms. The molecule has 0 radical (unpaired) electrons. The minimum Gasteiger partial charge on any atom is -0.396 e. The fourth-order valence-electron chi connectivity index (χ4n) is 3.04. The van der Waals surface area contributed by atoms with Gasteiger partial charge in [0, 0.05) is 30.7 Å². The summed E-state index contributed by atoms with van der Waals surface area (Å²) in [5.74, 6) is -2.37. The van der Waals surface area contributed by atoms with Gasteiger partial charge in [-0.15, -0.1) is 0 Å². The number of aromatic nitrogens is 2. The molecular weight excluding hydrogens is 266 g/mol. The number of nitrogens with zero attached hydrogens (tertiary/aromatic N) is 3. The van der Waals surface area contributed by atoms with Crippen molar-refractivity contribution < 1.29 is 23.6 Å². The fraction of sp³-hybridized carbons (Fsp3) is 0.500. The molecule has 1 aromatic heterocycles. The van der Waals surface area contributed by atoms with Crippen molar-refractivity contribution in [3.8, 4) is 0 Å². The Balaban J connectivity index is 1.79. The minimum atomic E-state index is -1.40. The number of aryl methyl sites for hydroxylation is 1. The highest BCUT2D eigenvalue weighted by Gasteiger charge is 2.64. The Labute approximate surface area is 113 Å². The van der Waals surface area contributed by atoms with Crippen LogP contribution in [0.4, 0.5) is 0 Å². The van der Waals surface area contributed by atoms with Gasteiger partial charge in [-0.2, -0.15) is 4.98 Å². The Morgan fingerprint density at radius 2 is 2.10 bits per heavy atom. The van der Waals surface area contributed by atoms with Crippen LogP contribution in [0, 0.1) is 12.8 Å². The van der Waals surface area contributed by atoms with Gasteiger partial charge in [0.05, 0.1) is 0 Å². The second kappa shape index (κ2) is 3.66. The van der Waals surface area contributed by atoms with Gasteiger partial charge >= 0.3 is 17.8 Å². The quantitative estimate of drug-likeness (QED) is 0.516. The maximum absolute atomic E-state index is 11.4. The summed E-state index contributed by atoms with van der Waals surface area (Å²) in [7, 11) is 0. The molecule has 4 heterocycles. The van der Waals surface area contributed by atoms with E-state index in [1.54, 1.807) is 13.0 Å². The summed E-state index contributed by atoms with van der Waals surface area (Å²) < 4.78 is 15.5. The lowest BCUT2D eigenvalue weighted by Crippen LogP contribution is -2.47. The summed E-state index contributed by atoms with van der Waals surface area (Å²) in [6, 6.07) is 0. The normalized spacial score (nSPS) is 32.1. The molecule has 104 valence electrons. The van der Waals surface area contributed by atoms with Crippen molar-refractivity contribution in [3.05, 3.63) is 17.3 Å². The summed E-state index contributed by atoms with van der Waals surface area (Å²) in [5.41, 5.74) is 0.687. The average molecular weight is 277 g/mol. The number of carbonyl (C=O) groups excluding carboxylic acids is 2. The number of hydrogen-bond donors (Lipinski definition) is 0. The van der Waals surface area contributed by atoms with Crippen molar-refractivity contribution in [2.24, 2.45) is 5.92 Å². The number of rotatable bonds is 1. The van der Waals surface area contributed by atoms with E-state index in [0.29, 0.717) is 30.4 Å². The molecule has 2 bridgehead atoms. The monoisotopic (exact) mass is 277 g/mol. The third-order valence-electron chi connectivity index (χ3n) is 3.86. The summed E-state index contributed by atoms with van der Waals surface area (Å²) in [6.07, 6.45) is 2.56. The number of fused-ring (bicyclic) bond motifs is 3. The summed E-state index contributed by atoms with van der Waals surface area (Å²) in [5, 5.41) is 3.71. The van der Waals surface area contributed by atoms with Crippen molar-refractivity contribution >= 4 is 18.0 Å². The second-order valence-corrected chi connectivity index (χ2v) is 5.07. The molecule has 3 fully saturated rings. The number of carbonyl (C=O) groups is 2. The van der Waals surface area contributed by atoms with Crippen molar-refractivity contribution in [3.63, 3.8) is 0 Å². The van der Waals surface area contributed by atoms with E-state index in [0.717, 1.165) is 6.42 Å². The van der Waals surface area contributed by atoms with Crippen molar-refractivity contribution in [1.29, 1.82) is 0 Å². The Bertz CT molecular complexity index is 633. The van der Waals surface area contributed by atoms with Crippen LogP contribution in [0.5, 0.6) is 0 Å². The number of hydrogen-bond acceptors (Lipinski definition) is 8. The van der Waals surface area contributed by atoms with Crippen LogP contribution in [0.15, 0.2) is 10.1 Å².